The van der Waals surface area contributed by atoms with Crippen molar-refractivity contribution in [2.24, 2.45) is 16.7 Å². The Balaban J connectivity index is 1.50. The molecular formula is C21H30N2O. The number of rotatable bonds is 2. The van der Waals surface area contributed by atoms with Crippen LogP contribution >= 0.6 is 0 Å². The molecule has 1 aromatic carbocycles. The van der Waals surface area contributed by atoms with Crippen molar-refractivity contribution in [2.45, 2.75) is 71.8 Å². The highest BCUT2D eigenvalue weighted by Crippen LogP contribution is 2.66. The van der Waals surface area contributed by atoms with Crippen molar-refractivity contribution in [3.8, 4) is 0 Å². The van der Waals surface area contributed by atoms with Gasteiger partial charge in [-0.1, -0.05) is 19.9 Å². The molecule has 3 heteroatoms. The summed E-state index contributed by atoms with van der Waals surface area (Å²) in [6.07, 6.45) is 7.49. The van der Waals surface area contributed by atoms with Gasteiger partial charge in [0.05, 0.1) is 0 Å². The van der Waals surface area contributed by atoms with Crippen LogP contribution in [-0.4, -0.2) is 11.6 Å². The van der Waals surface area contributed by atoms with Crippen molar-refractivity contribution in [1.82, 2.24) is 5.32 Å². The summed E-state index contributed by atoms with van der Waals surface area (Å²) < 4.78 is 0. The van der Waals surface area contributed by atoms with E-state index in [1.807, 2.05) is 6.07 Å². The van der Waals surface area contributed by atoms with Crippen LogP contribution in [0.4, 0.5) is 10.5 Å². The van der Waals surface area contributed by atoms with Crippen LogP contribution in [0.3, 0.4) is 0 Å². The van der Waals surface area contributed by atoms with Crippen molar-refractivity contribution in [3.05, 3.63) is 29.3 Å². The summed E-state index contributed by atoms with van der Waals surface area (Å²) >= 11 is 0. The van der Waals surface area contributed by atoms with Crippen molar-refractivity contribution in [3.63, 3.8) is 0 Å². The Morgan fingerprint density at radius 3 is 2.25 bits per heavy atom. The van der Waals surface area contributed by atoms with Gasteiger partial charge < -0.3 is 10.6 Å². The number of hydrogen-bond donors (Lipinski definition) is 2. The summed E-state index contributed by atoms with van der Waals surface area (Å²) in [5.41, 5.74) is 4.19. The first-order chi connectivity index (χ1) is 11.2. The van der Waals surface area contributed by atoms with Crippen LogP contribution in [0.15, 0.2) is 18.2 Å². The van der Waals surface area contributed by atoms with E-state index >= 15 is 0 Å². The van der Waals surface area contributed by atoms with Gasteiger partial charge in [-0.3, -0.25) is 0 Å². The summed E-state index contributed by atoms with van der Waals surface area (Å²) in [4.78, 5) is 12.7. The van der Waals surface area contributed by atoms with Gasteiger partial charge >= 0.3 is 6.03 Å². The molecule has 0 heterocycles. The van der Waals surface area contributed by atoms with Crippen LogP contribution in [0.2, 0.25) is 0 Å². The largest absolute Gasteiger partial charge is 0.332 e. The second-order valence-electron chi connectivity index (χ2n) is 9.79. The molecule has 0 aliphatic heterocycles. The average Bonchev–Trinajstić information content (AvgIpc) is 2.37. The molecule has 2 unspecified atom stereocenters. The third-order valence-electron chi connectivity index (χ3n) is 6.77. The molecule has 0 spiro atoms. The minimum absolute atomic E-state index is 0.00669. The number of carbonyl (C=O) groups excluding carboxylic acids is 1. The maximum absolute atomic E-state index is 12.7. The van der Waals surface area contributed by atoms with Gasteiger partial charge in [0.1, 0.15) is 0 Å². The Morgan fingerprint density at radius 1 is 1.00 bits per heavy atom. The Hall–Kier alpha value is -1.51. The molecule has 24 heavy (non-hydrogen) atoms. The molecule has 4 fully saturated rings. The van der Waals surface area contributed by atoms with Gasteiger partial charge in [0.25, 0.3) is 0 Å². The first kappa shape index (κ1) is 16.0. The zero-order valence-corrected chi connectivity index (χ0v) is 15.5. The van der Waals surface area contributed by atoms with E-state index in [9.17, 15) is 4.79 Å². The molecule has 0 saturated heterocycles. The van der Waals surface area contributed by atoms with Crippen LogP contribution < -0.4 is 10.6 Å². The Kier molecular flexibility index (Phi) is 3.33. The Labute approximate surface area is 145 Å². The van der Waals surface area contributed by atoms with Gasteiger partial charge in [-0.25, -0.2) is 4.79 Å². The molecule has 130 valence electrons. The van der Waals surface area contributed by atoms with E-state index in [0.29, 0.717) is 10.8 Å². The zero-order valence-electron chi connectivity index (χ0n) is 15.5. The number of aryl methyl sites for hydroxylation is 2. The lowest BCUT2D eigenvalue weighted by molar-refractivity contribution is -0.113. The molecule has 4 aliphatic carbocycles. The quantitative estimate of drug-likeness (QED) is 0.773. The number of urea groups is 1. The molecule has 5 rings (SSSR count). The fourth-order valence-corrected chi connectivity index (χ4v) is 6.81. The van der Waals surface area contributed by atoms with E-state index in [0.717, 1.165) is 24.4 Å². The molecule has 2 amide bonds. The zero-order chi connectivity index (χ0) is 17.2. The summed E-state index contributed by atoms with van der Waals surface area (Å²) in [6, 6.07) is 6.08. The number of hydrogen-bond acceptors (Lipinski definition) is 1. The van der Waals surface area contributed by atoms with Gasteiger partial charge in [-0.2, -0.15) is 0 Å². The van der Waals surface area contributed by atoms with Gasteiger partial charge in [0.2, 0.25) is 0 Å². The fourth-order valence-electron chi connectivity index (χ4n) is 6.81. The highest BCUT2D eigenvalue weighted by atomic mass is 16.2. The van der Waals surface area contributed by atoms with Crippen LogP contribution in [0.1, 0.15) is 63.5 Å². The number of carbonyl (C=O) groups is 1. The number of amides is 2. The van der Waals surface area contributed by atoms with E-state index < -0.39 is 0 Å². The summed E-state index contributed by atoms with van der Waals surface area (Å²) in [5.74, 6) is 0.790. The van der Waals surface area contributed by atoms with E-state index in [1.165, 1.54) is 36.8 Å². The predicted molar refractivity (Wildman–Crippen MR) is 98.2 cm³/mol. The third-order valence-corrected chi connectivity index (χ3v) is 6.77. The fraction of sp³-hybridized carbons (Fsp3) is 0.667. The third kappa shape index (κ3) is 2.72. The molecule has 4 bridgehead atoms. The SMILES string of the molecule is Cc1ccc(NC(=O)NC23CC4CC(C)(CC(C)(C4)C2)C3)cc1C. The van der Waals surface area contributed by atoms with Crippen molar-refractivity contribution < 1.29 is 4.79 Å². The van der Waals surface area contributed by atoms with Gasteiger partial charge in [0.15, 0.2) is 0 Å². The second-order valence-corrected chi connectivity index (χ2v) is 9.79. The molecule has 0 aromatic heterocycles. The lowest BCUT2D eigenvalue weighted by Gasteiger charge is -2.65. The lowest BCUT2D eigenvalue weighted by Crippen LogP contribution is -2.65. The molecule has 1 aromatic rings. The smallest absolute Gasteiger partial charge is 0.319 e. The lowest BCUT2D eigenvalue weighted by atomic mass is 9.43. The van der Waals surface area contributed by atoms with Crippen LogP contribution in [0.25, 0.3) is 0 Å². The number of nitrogens with one attached hydrogen (secondary N) is 2. The summed E-state index contributed by atoms with van der Waals surface area (Å²) in [5, 5.41) is 6.47. The molecule has 2 N–H and O–H groups in total. The normalized spacial score (nSPS) is 39.8. The molecule has 2 atom stereocenters. The van der Waals surface area contributed by atoms with Crippen LogP contribution in [-0.2, 0) is 0 Å². The minimum atomic E-state index is -0.0348. The highest BCUT2D eigenvalue weighted by molar-refractivity contribution is 5.90. The molecule has 3 nitrogen and oxygen atoms in total. The van der Waals surface area contributed by atoms with Gasteiger partial charge in [-0.15, -0.1) is 0 Å². The monoisotopic (exact) mass is 326 g/mol. The average molecular weight is 326 g/mol. The standard InChI is InChI=1S/C21H30N2O/c1-14-5-6-17(7-15(14)2)22-18(24)23-21-10-16-8-19(3,12-21)11-20(4,9-16)13-21/h5-7,16H,8-13H2,1-4H3,(H2,22,23,24). The molecule has 4 aliphatic rings. The second kappa shape index (κ2) is 5.00. The molecular weight excluding hydrogens is 296 g/mol. The first-order valence-electron chi connectivity index (χ1n) is 9.35. The minimum Gasteiger partial charge on any atom is -0.332 e. The van der Waals surface area contributed by atoms with E-state index in [1.54, 1.807) is 0 Å². The number of benzene rings is 1. The maximum atomic E-state index is 12.7. The van der Waals surface area contributed by atoms with E-state index in [4.69, 9.17) is 0 Å². The summed E-state index contributed by atoms with van der Waals surface area (Å²) in [7, 11) is 0. The highest BCUT2D eigenvalue weighted by Gasteiger charge is 2.60. The predicted octanol–water partition coefficient (Wildman–Crippen LogP) is 5.17. The van der Waals surface area contributed by atoms with E-state index in [-0.39, 0.29) is 11.6 Å². The van der Waals surface area contributed by atoms with Crippen molar-refractivity contribution in [1.29, 1.82) is 0 Å². The first-order valence-corrected chi connectivity index (χ1v) is 9.35. The van der Waals surface area contributed by atoms with E-state index in [2.05, 4.69) is 50.5 Å². The maximum Gasteiger partial charge on any atom is 0.319 e. The molecule has 4 saturated carbocycles. The van der Waals surface area contributed by atoms with Crippen molar-refractivity contribution in [2.75, 3.05) is 5.32 Å². The molecule has 0 radical (unpaired) electrons. The van der Waals surface area contributed by atoms with Crippen LogP contribution in [0.5, 0.6) is 0 Å². The van der Waals surface area contributed by atoms with Gasteiger partial charge in [0, 0.05) is 11.2 Å². The summed E-state index contributed by atoms with van der Waals surface area (Å²) in [6.45, 7) is 9.05. The Morgan fingerprint density at radius 2 is 1.67 bits per heavy atom. The Bertz CT molecular complexity index is 677. The topological polar surface area (TPSA) is 41.1 Å². The van der Waals surface area contributed by atoms with Crippen molar-refractivity contribution >= 4 is 11.7 Å². The van der Waals surface area contributed by atoms with Gasteiger partial charge in [-0.05, 0) is 92.4 Å². The number of anilines is 1. The van der Waals surface area contributed by atoms with Crippen LogP contribution in [0, 0.1) is 30.6 Å².